The summed E-state index contributed by atoms with van der Waals surface area (Å²) in [7, 11) is 1.67. The fourth-order valence-electron chi connectivity index (χ4n) is 2.00. The van der Waals surface area contributed by atoms with Crippen LogP contribution in [0.2, 0.25) is 0 Å². The first-order chi connectivity index (χ1) is 9.33. The molecule has 0 N–H and O–H groups in total. The van der Waals surface area contributed by atoms with E-state index in [9.17, 15) is 0 Å². The average molecular weight is 294 g/mol. The van der Waals surface area contributed by atoms with Crippen molar-refractivity contribution in [1.82, 2.24) is 9.97 Å². The van der Waals surface area contributed by atoms with E-state index in [1.165, 1.54) is 0 Å². The SMILES string of the molecule is COCN1c2ccc(CCl)cc2Sc2nccnc21. The molecule has 98 valence electrons. The van der Waals surface area contributed by atoms with Crippen LogP contribution in [-0.2, 0) is 10.6 Å². The molecule has 1 aromatic carbocycles. The van der Waals surface area contributed by atoms with Crippen LogP contribution < -0.4 is 4.90 Å². The van der Waals surface area contributed by atoms with Gasteiger partial charge in [0.1, 0.15) is 11.8 Å². The Morgan fingerprint density at radius 1 is 1.32 bits per heavy atom. The maximum Gasteiger partial charge on any atom is 0.168 e. The molecule has 19 heavy (non-hydrogen) atoms. The molecule has 1 aromatic heterocycles. The van der Waals surface area contributed by atoms with E-state index < -0.39 is 0 Å². The van der Waals surface area contributed by atoms with E-state index >= 15 is 0 Å². The lowest BCUT2D eigenvalue weighted by molar-refractivity contribution is 0.205. The second kappa shape index (κ2) is 5.36. The number of halogens is 1. The lowest BCUT2D eigenvalue weighted by Crippen LogP contribution is -2.24. The van der Waals surface area contributed by atoms with Crippen molar-refractivity contribution in [3.63, 3.8) is 0 Å². The molecule has 0 saturated heterocycles. The number of benzene rings is 1. The summed E-state index contributed by atoms with van der Waals surface area (Å²) in [4.78, 5) is 11.9. The van der Waals surface area contributed by atoms with Crippen LogP contribution in [0.5, 0.6) is 0 Å². The molecular formula is C13H12ClN3OS. The van der Waals surface area contributed by atoms with Gasteiger partial charge < -0.3 is 4.74 Å². The number of aromatic nitrogens is 2. The van der Waals surface area contributed by atoms with Gasteiger partial charge in [-0.05, 0) is 17.7 Å². The Balaban J connectivity index is 2.10. The fourth-order valence-corrected chi connectivity index (χ4v) is 3.23. The van der Waals surface area contributed by atoms with Gasteiger partial charge in [0, 0.05) is 30.3 Å². The first-order valence-electron chi connectivity index (χ1n) is 5.77. The van der Waals surface area contributed by atoms with Crippen LogP contribution in [0.15, 0.2) is 40.5 Å². The molecule has 0 atom stereocenters. The monoisotopic (exact) mass is 293 g/mol. The van der Waals surface area contributed by atoms with E-state index in [1.54, 1.807) is 31.3 Å². The molecule has 0 fully saturated rings. The second-order valence-electron chi connectivity index (χ2n) is 4.07. The van der Waals surface area contributed by atoms with Gasteiger partial charge in [0.15, 0.2) is 5.82 Å². The highest BCUT2D eigenvalue weighted by Crippen LogP contribution is 2.46. The number of nitrogens with zero attached hydrogens (tertiary/aromatic N) is 3. The minimum atomic E-state index is 0.444. The normalized spacial score (nSPS) is 13.1. The van der Waals surface area contributed by atoms with Crippen molar-refractivity contribution in [3.05, 3.63) is 36.2 Å². The Kier molecular flexibility index (Phi) is 3.59. The fraction of sp³-hybridized carbons (Fsp3) is 0.231. The smallest absolute Gasteiger partial charge is 0.168 e. The molecule has 1 aliphatic heterocycles. The molecule has 2 heterocycles. The van der Waals surface area contributed by atoms with Crippen molar-refractivity contribution in [2.75, 3.05) is 18.7 Å². The van der Waals surface area contributed by atoms with Gasteiger partial charge >= 0.3 is 0 Å². The summed E-state index contributed by atoms with van der Waals surface area (Å²) in [6, 6.07) is 6.17. The van der Waals surface area contributed by atoms with Crippen LogP contribution >= 0.6 is 23.4 Å². The first kappa shape index (κ1) is 12.7. The van der Waals surface area contributed by atoms with E-state index in [-0.39, 0.29) is 0 Å². The van der Waals surface area contributed by atoms with Gasteiger partial charge in [-0.2, -0.15) is 0 Å². The summed E-state index contributed by atoms with van der Waals surface area (Å²) >= 11 is 7.50. The van der Waals surface area contributed by atoms with Crippen molar-refractivity contribution in [2.24, 2.45) is 0 Å². The molecule has 1 aliphatic rings. The summed E-state index contributed by atoms with van der Waals surface area (Å²) < 4.78 is 5.27. The summed E-state index contributed by atoms with van der Waals surface area (Å²) in [5.41, 5.74) is 2.17. The van der Waals surface area contributed by atoms with Crippen LogP contribution in [0, 0.1) is 0 Å². The number of fused-ring (bicyclic) bond motifs is 2. The van der Waals surface area contributed by atoms with Crippen LogP contribution in [0.4, 0.5) is 11.5 Å². The minimum absolute atomic E-state index is 0.444. The predicted molar refractivity (Wildman–Crippen MR) is 76.2 cm³/mol. The Bertz CT molecular complexity index is 608. The highest BCUT2D eigenvalue weighted by atomic mass is 35.5. The van der Waals surface area contributed by atoms with Crippen molar-refractivity contribution in [2.45, 2.75) is 15.8 Å². The summed E-state index contributed by atoms with van der Waals surface area (Å²) in [6.07, 6.45) is 3.40. The molecule has 0 saturated carbocycles. The standard InChI is InChI=1S/C13H12ClN3OS/c1-18-8-17-10-3-2-9(7-14)6-11(10)19-13-12(17)15-4-5-16-13/h2-6H,7-8H2,1H3. The van der Waals surface area contributed by atoms with Crippen molar-refractivity contribution in [3.8, 4) is 0 Å². The molecule has 0 aliphatic carbocycles. The predicted octanol–water partition coefficient (Wildman–Crippen LogP) is 3.42. The van der Waals surface area contributed by atoms with Gasteiger partial charge in [0.05, 0.1) is 5.69 Å². The van der Waals surface area contributed by atoms with E-state index in [1.807, 2.05) is 11.0 Å². The van der Waals surface area contributed by atoms with Gasteiger partial charge in [0.2, 0.25) is 0 Å². The third-order valence-corrected chi connectivity index (χ3v) is 4.17. The average Bonchev–Trinajstić information content (AvgIpc) is 2.46. The maximum absolute atomic E-state index is 5.89. The number of alkyl halides is 1. The van der Waals surface area contributed by atoms with Gasteiger partial charge in [-0.15, -0.1) is 11.6 Å². The summed E-state index contributed by atoms with van der Waals surface area (Å²) in [6.45, 7) is 0.444. The highest BCUT2D eigenvalue weighted by Gasteiger charge is 2.25. The number of methoxy groups -OCH3 is 1. The molecule has 0 bridgehead atoms. The largest absolute Gasteiger partial charge is 0.364 e. The van der Waals surface area contributed by atoms with Gasteiger partial charge in [-0.3, -0.25) is 4.90 Å². The molecule has 3 rings (SSSR count). The Morgan fingerprint density at radius 2 is 2.16 bits per heavy atom. The lowest BCUT2D eigenvalue weighted by Gasteiger charge is -2.30. The van der Waals surface area contributed by atoms with Crippen LogP contribution in [-0.4, -0.2) is 23.8 Å². The first-order valence-corrected chi connectivity index (χ1v) is 7.13. The maximum atomic E-state index is 5.89. The molecule has 0 spiro atoms. The molecular weight excluding hydrogens is 282 g/mol. The number of hydrogen-bond donors (Lipinski definition) is 0. The number of hydrogen-bond acceptors (Lipinski definition) is 5. The quantitative estimate of drug-likeness (QED) is 0.811. The number of rotatable bonds is 3. The van der Waals surface area contributed by atoms with Crippen LogP contribution in [0.1, 0.15) is 5.56 Å². The van der Waals surface area contributed by atoms with Crippen molar-refractivity contribution >= 4 is 34.9 Å². The Hall–Kier alpha value is -1.30. The molecule has 0 radical (unpaired) electrons. The number of ether oxygens (including phenoxy) is 1. The summed E-state index contributed by atoms with van der Waals surface area (Å²) in [5.74, 6) is 1.34. The van der Waals surface area contributed by atoms with Crippen molar-refractivity contribution < 1.29 is 4.74 Å². The third-order valence-electron chi connectivity index (χ3n) is 2.84. The minimum Gasteiger partial charge on any atom is -0.364 e. The third kappa shape index (κ3) is 2.29. The van der Waals surface area contributed by atoms with Gasteiger partial charge in [-0.1, -0.05) is 17.8 Å². The van der Waals surface area contributed by atoms with Crippen molar-refractivity contribution in [1.29, 1.82) is 0 Å². The van der Waals surface area contributed by atoms with E-state index in [2.05, 4.69) is 22.1 Å². The van der Waals surface area contributed by atoms with Crippen LogP contribution in [0.3, 0.4) is 0 Å². The zero-order valence-electron chi connectivity index (χ0n) is 10.3. The van der Waals surface area contributed by atoms with E-state index in [0.717, 1.165) is 27.0 Å². The summed E-state index contributed by atoms with van der Waals surface area (Å²) in [5, 5.41) is 0.888. The van der Waals surface area contributed by atoms with E-state index in [4.69, 9.17) is 16.3 Å². The molecule has 6 heteroatoms. The van der Waals surface area contributed by atoms with Gasteiger partial charge in [-0.25, -0.2) is 9.97 Å². The Labute approximate surface area is 120 Å². The van der Waals surface area contributed by atoms with Gasteiger partial charge in [0.25, 0.3) is 0 Å². The topological polar surface area (TPSA) is 38.2 Å². The molecule has 4 nitrogen and oxygen atoms in total. The zero-order valence-corrected chi connectivity index (χ0v) is 11.9. The highest BCUT2D eigenvalue weighted by molar-refractivity contribution is 7.99. The van der Waals surface area contributed by atoms with E-state index in [0.29, 0.717) is 12.6 Å². The molecule has 2 aromatic rings. The second-order valence-corrected chi connectivity index (χ2v) is 5.37. The lowest BCUT2D eigenvalue weighted by atomic mass is 10.2. The van der Waals surface area contributed by atoms with Crippen LogP contribution in [0.25, 0.3) is 0 Å². The zero-order chi connectivity index (χ0) is 13.2. The number of anilines is 2. The molecule has 0 unspecified atom stereocenters. The molecule has 0 amide bonds. The Morgan fingerprint density at radius 3 is 2.95 bits per heavy atom.